The summed E-state index contributed by atoms with van der Waals surface area (Å²) in [5, 5.41) is 4.19. The van der Waals surface area contributed by atoms with E-state index in [1.165, 1.54) is 12.1 Å². The Labute approximate surface area is 148 Å². The normalized spacial score (nSPS) is 11.9. The first-order valence-corrected chi connectivity index (χ1v) is 7.75. The molecule has 1 atom stereocenters. The van der Waals surface area contributed by atoms with Gasteiger partial charge in [0.25, 0.3) is 5.91 Å². The van der Waals surface area contributed by atoms with Gasteiger partial charge in [-0.05, 0) is 37.3 Å². The van der Waals surface area contributed by atoms with Crippen LogP contribution in [0.2, 0.25) is 20.1 Å². The summed E-state index contributed by atoms with van der Waals surface area (Å²) in [5.41, 5.74) is 0.616. The first kappa shape index (κ1) is 17.2. The highest BCUT2D eigenvalue weighted by atomic mass is 35.5. The number of amides is 1. The van der Waals surface area contributed by atoms with E-state index in [9.17, 15) is 4.79 Å². The van der Waals surface area contributed by atoms with E-state index in [4.69, 9.17) is 51.1 Å². The molecular formula is C15H11Cl4NO2. The molecule has 2 rings (SSSR count). The van der Waals surface area contributed by atoms with Gasteiger partial charge in [-0.2, -0.15) is 0 Å². The molecule has 0 aliphatic carbocycles. The molecule has 1 amide bonds. The number of nitrogens with one attached hydrogen (secondary N) is 1. The predicted molar refractivity (Wildman–Crippen MR) is 91.6 cm³/mol. The third kappa shape index (κ3) is 4.43. The Hall–Kier alpha value is -1.13. The van der Waals surface area contributed by atoms with Crippen LogP contribution in [0.4, 0.5) is 5.69 Å². The second-order valence-corrected chi connectivity index (χ2v) is 6.11. The molecule has 0 aliphatic rings. The van der Waals surface area contributed by atoms with Crippen molar-refractivity contribution in [3.8, 4) is 5.75 Å². The van der Waals surface area contributed by atoms with Crippen LogP contribution in [0.1, 0.15) is 6.92 Å². The summed E-state index contributed by atoms with van der Waals surface area (Å²) in [4.78, 5) is 12.1. The molecule has 0 radical (unpaired) electrons. The number of hydrogen-bond acceptors (Lipinski definition) is 2. The number of carbonyl (C=O) groups excluding carboxylic acids is 1. The molecule has 0 aliphatic heterocycles. The Balaban J connectivity index is 2.05. The Bertz CT molecular complexity index is 689. The molecule has 22 heavy (non-hydrogen) atoms. The summed E-state index contributed by atoms with van der Waals surface area (Å²) in [7, 11) is 0. The van der Waals surface area contributed by atoms with Gasteiger partial charge >= 0.3 is 0 Å². The fourth-order valence-electron chi connectivity index (χ4n) is 1.62. The second kappa shape index (κ2) is 7.42. The van der Waals surface area contributed by atoms with Gasteiger partial charge in [-0.1, -0.05) is 46.4 Å². The number of halogens is 4. The number of benzene rings is 2. The molecule has 0 heterocycles. The smallest absolute Gasteiger partial charge is 0.265 e. The van der Waals surface area contributed by atoms with Crippen LogP contribution in [-0.2, 0) is 4.79 Å². The highest BCUT2D eigenvalue weighted by molar-refractivity contribution is 6.43. The molecule has 1 N–H and O–H groups in total. The van der Waals surface area contributed by atoms with Crippen molar-refractivity contribution in [2.75, 3.05) is 5.32 Å². The number of anilines is 1. The minimum Gasteiger partial charge on any atom is -0.479 e. The SMILES string of the molecule is C[C@@H](Oc1cc(Cl)c(Cl)cc1Cl)C(=O)Nc1ccc(Cl)cc1. The Morgan fingerprint density at radius 2 is 1.59 bits per heavy atom. The van der Waals surface area contributed by atoms with E-state index in [1.807, 2.05) is 0 Å². The van der Waals surface area contributed by atoms with Gasteiger partial charge in [-0.25, -0.2) is 0 Å². The van der Waals surface area contributed by atoms with E-state index < -0.39 is 6.10 Å². The number of hydrogen-bond donors (Lipinski definition) is 1. The molecule has 0 aromatic heterocycles. The Morgan fingerprint density at radius 3 is 2.23 bits per heavy atom. The van der Waals surface area contributed by atoms with Crippen LogP contribution in [0, 0.1) is 0 Å². The van der Waals surface area contributed by atoms with E-state index >= 15 is 0 Å². The lowest BCUT2D eigenvalue weighted by Gasteiger charge is -2.16. The zero-order valence-electron chi connectivity index (χ0n) is 11.4. The minimum atomic E-state index is -0.773. The largest absolute Gasteiger partial charge is 0.479 e. The van der Waals surface area contributed by atoms with E-state index in [0.717, 1.165) is 0 Å². The van der Waals surface area contributed by atoms with Crippen molar-refractivity contribution in [1.82, 2.24) is 0 Å². The van der Waals surface area contributed by atoms with Crippen molar-refractivity contribution in [3.05, 3.63) is 56.5 Å². The molecule has 0 saturated heterocycles. The zero-order chi connectivity index (χ0) is 16.3. The molecule has 116 valence electrons. The van der Waals surface area contributed by atoms with E-state index in [1.54, 1.807) is 31.2 Å². The molecule has 7 heteroatoms. The Kier molecular flexibility index (Phi) is 5.81. The Morgan fingerprint density at radius 1 is 1.00 bits per heavy atom. The van der Waals surface area contributed by atoms with Crippen LogP contribution in [0.25, 0.3) is 0 Å². The van der Waals surface area contributed by atoms with Gasteiger partial charge in [-0.3, -0.25) is 4.79 Å². The van der Waals surface area contributed by atoms with Crippen LogP contribution in [0.15, 0.2) is 36.4 Å². The molecule has 0 spiro atoms. The van der Waals surface area contributed by atoms with Gasteiger partial charge in [0.05, 0.1) is 15.1 Å². The van der Waals surface area contributed by atoms with E-state index in [-0.39, 0.29) is 16.7 Å². The van der Waals surface area contributed by atoms with Gasteiger partial charge in [0, 0.05) is 16.8 Å². The van der Waals surface area contributed by atoms with Crippen molar-refractivity contribution < 1.29 is 9.53 Å². The summed E-state index contributed by atoms with van der Waals surface area (Å²) in [6, 6.07) is 9.68. The highest BCUT2D eigenvalue weighted by Gasteiger charge is 2.17. The standard InChI is InChI=1S/C15H11Cl4NO2/c1-8(15(21)20-10-4-2-9(16)3-5-10)22-14-7-12(18)11(17)6-13(14)19/h2-8H,1H3,(H,20,21)/t8-/m1/s1. The van der Waals surface area contributed by atoms with Gasteiger partial charge < -0.3 is 10.1 Å². The zero-order valence-corrected chi connectivity index (χ0v) is 14.4. The molecule has 0 unspecified atom stereocenters. The van der Waals surface area contributed by atoms with Gasteiger partial charge in [0.15, 0.2) is 6.10 Å². The summed E-state index contributed by atoms with van der Waals surface area (Å²) >= 11 is 23.6. The minimum absolute atomic E-state index is 0.278. The van der Waals surface area contributed by atoms with Crippen LogP contribution >= 0.6 is 46.4 Å². The third-order valence-corrected chi connectivity index (χ3v) is 4.03. The summed E-state index contributed by atoms with van der Waals surface area (Å²) < 4.78 is 5.53. The number of rotatable bonds is 4. The topological polar surface area (TPSA) is 38.3 Å². The molecule has 2 aromatic rings. The lowest BCUT2D eigenvalue weighted by molar-refractivity contribution is -0.122. The maximum atomic E-state index is 12.1. The molecule has 0 saturated carbocycles. The lowest BCUT2D eigenvalue weighted by Crippen LogP contribution is -2.30. The van der Waals surface area contributed by atoms with Crippen molar-refractivity contribution in [2.45, 2.75) is 13.0 Å². The summed E-state index contributed by atoms with van der Waals surface area (Å²) in [6.07, 6.45) is -0.773. The van der Waals surface area contributed by atoms with Crippen molar-refractivity contribution in [1.29, 1.82) is 0 Å². The molecular weight excluding hydrogens is 368 g/mol. The third-order valence-electron chi connectivity index (χ3n) is 2.76. The van der Waals surface area contributed by atoms with Crippen LogP contribution in [0.3, 0.4) is 0 Å². The van der Waals surface area contributed by atoms with E-state index in [0.29, 0.717) is 20.8 Å². The number of ether oxygens (including phenoxy) is 1. The predicted octanol–water partition coefficient (Wildman–Crippen LogP) is 5.71. The van der Waals surface area contributed by atoms with Crippen LogP contribution in [0.5, 0.6) is 5.75 Å². The summed E-state index contributed by atoms with van der Waals surface area (Å²) in [5.74, 6) is -0.0423. The van der Waals surface area contributed by atoms with E-state index in [2.05, 4.69) is 5.32 Å². The fraction of sp³-hybridized carbons (Fsp3) is 0.133. The molecule has 3 nitrogen and oxygen atoms in total. The van der Waals surface area contributed by atoms with Gasteiger partial charge in [-0.15, -0.1) is 0 Å². The monoisotopic (exact) mass is 377 g/mol. The fourth-order valence-corrected chi connectivity index (χ4v) is 2.32. The van der Waals surface area contributed by atoms with Crippen molar-refractivity contribution in [2.24, 2.45) is 0 Å². The van der Waals surface area contributed by atoms with Crippen molar-refractivity contribution in [3.63, 3.8) is 0 Å². The van der Waals surface area contributed by atoms with Crippen LogP contribution in [-0.4, -0.2) is 12.0 Å². The quantitative estimate of drug-likeness (QED) is 0.692. The van der Waals surface area contributed by atoms with Crippen LogP contribution < -0.4 is 10.1 Å². The maximum Gasteiger partial charge on any atom is 0.265 e. The molecule has 0 fully saturated rings. The first-order chi connectivity index (χ1) is 10.4. The average Bonchev–Trinajstić information content (AvgIpc) is 2.47. The average molecular weight is 379 g/mol. The van der Waals surface area contributed by atoms with Gasteiger partial charge in [0.1, 0.15) is 5.75 Å². The van der Waals surface area contributed by atoms with Gasteiger partial charge in [0.2, 0.25) is 0 Å². The first-order valence-electron chi connectivity index (χ1n) is 6.24. The highest BCUT2D eigenvalue weighted by Crippen LogP contribution is 2.34. The molecule has 2 aromatic carbocycles. The lowest BCUT2D eigenvalue weighted by atomic mass is 10.3. The molecule has 0 bridgehead atoms. The van der Waals surface area contributed by atoms with Crippen molar-refractivity contribution >= 4 is 58.0 Å². The maximum absolute atomic E-state index is 12.1. The second-order valence-electron chi connectivity index (χ2n) is 4.45. The summed E-state index contributed by atoms with van der Waals surface area (Å²) in [6.45, 7) is 1.60. The number of carbonyl (C=O) groups is 1.